The van der Waals surface area contributed by atoms with Gasteiger partial charge in [-0.1, -0.05) is 31.9 Å². The van der Waals surface area contributed by atoms with Gasteiger partial charge in [0.2, 0.25) is 5.91 Å². The first kappa shape index (κ1) is 19.0. The van der Waals surface area contributed by atoms with Crippen LogP contribution in [0.5, 0.6) is 0 Å². The number of benzene rings is 1. The highest BCUT2D eigenvalue weighted by Gasteiger charge is 2.16. The van der Waals surface area contributed by atoms with Crippen molar-refractivity contribution >= 4 is 17.7 Å². The van der Waals surface area contributed by atoms with Crippen LogP contribution in [0.1, 0.15) is 52.5 Å². The summed E-state index contributed by atoms with van der Waals surface area (Å²) in [7, 11) is 0. The van der Waals surface area contributed by atoms with E-state index in [-0.39, 0.29) is 12.5 Å². The van der Waals surface area contributed by atoms with Gasteiger partial charge in [0.1, 0.15) is 12.1 Å². The molecule has 2 N–H and O–H groups in total. The minimum Gasteiger partial charge on any atom is -0.444 e. The standard InChI is InChI=1S/C18H28N2O3/c1-5-6-7-8-14-9-11-15(12-10-14)20-16(21)13-19-17(22)23-18(2,3)4/h9-12H,5-8,13H2,1-4H3,(H,19,22)(H,20,21). The second-order valence-electron chi connectivity index (χ2n) is 6.56. The number of alkyl carbamates (subject to hydrolysis) is 1. The lowest BCUT2D eigenvalue weighted by atomic mass is 10.1. The third-order valence-corrected chi connectivity index (χ3v) is 3.10. The first-order valence-electron chi connectivity index (χ1n) is 8.16. The van der Waals surface area contributed by atoms with Crippen LogP contribution in [-0.4, -0.2) is 24.1 Å². The molecule has 0 unspecified atom stereocenters. The monoisotopic (exact) mass is 320 g/mol. The summed E-state index contributed by atoms with van der Waals surface area (Å²) in [5.41, 5.74) is 1.41. The molecule has 0 aliphatic rings. The van der Waals surface area contributed by atoms with E-state index >= 15 is 0 Å². The van der Waals surface area contributed by atoms with Crippen molar-refractivity contribution in [2.45, 2.75) is 59.0 Å². The highest BCUT2D eigenvalue weighted by atomic mass is 16.6. The average Bonchev–Trinajstić information content (AvgIpc) is 2.45. The van der Waals surface area contributed by atoms with Crippen molar-refractivity contribution in [2.75, 3.05) is 11.9 Å². The second kappa shape index (κ2) is 9.18. The van der Waals surface area contributed by atoms with Crippen LogP contribution in [0.2, 0.25) is 0 Å². The Morgan fingerprint density at radius 1 is 1.09 bits per heavy atom. The number of carbonyl (C=O) groups excluding carboxylic acids is 2. The number of rotatable bonds is 7. The molecule has 0 aliphatic carbocycles. The van der Waals surface area contributed by atoms with Crippen LogP contribution in [-0.2, 0) is 16.0 Å². The molecule has 0 bridgehead atoms. The number of carbonyl (C=O) groups is 2. The summed E-state index contributed by atoms with van der Waals surface area (Å²) in [6.07, 6.45) is 4.08. The van der Waals surface area contributed by atoms with Crippen LogP contribution in [0, 0.1) is 0 Å². The molecule has 1 aromatic carbocycles. The van der Waals surface area contributed by atoms with Crippen molar-refractivity contribution in [2.24, 2.45) is 0 Å². The Hall–Kier alpha value is -2.04. The minimum absolute atomic E-state index is 0.118. The van der Waals surface area contributed by atoms with Gasteiger partial charge in [-0.2, -0.15) is 0 Å². The Morgan fingerprint density at radius 2 is 1.74 bits per heavy atom. The summed E-state index contributed by atoms with van der Waals surface area (Å²) in [5.74, 6) is -0.283. The molecule has 0 radical (unpaired) electrons. The Balaban J connectivity index is 2.35. The normalized spacial score (nSPS) is 11.0. The molecule has 0 saturated heterocycles. The number of unbranched alkanes of at least 4 members (excludes halogenated alkanes) is 2. The summed E-state index contributed by atoms with van der Waals surface area (Å²) in [6, 6.07) is 7.80. The van der Waals surface area contributed by atoms with E-state index in [1.54, 1.807) is 20.8 Å². The van der Waals surface area contributed by atoms with Crippen LogP contribution in [0.3, 0.4) is 0 Å². The van der Waals surface area contributed by atoms with Gasteiger partial charge < -0.3 is 15.4 Å². The second-order valence-corrected chi connectivity index (χ2v) is 6.56. The van der Waals surface area contributed by atoms with Crippen LogP contribution in [0.15, 0.2) is 24.3 Å². The van der Waals surface area contributed by atoms with E-state index < -0.39 is 11.7 Å². The molecule has 1 aromatic rings. The van der Waals surface area contributed by atoms with E-state index in [0.717, 1.165) is 12.1 Å². The largest absolute Gasteiger partial charge is 0.444 e. The molecule has 5 nitrogen and oxygen atoms in total. The number of hydrogen-bond acceptors (Lipinski definition) is 3. The lowest BCUT2D eigenvalue weighted by Crippen LogP contribution is -2.37. The van der Waals surface area contributed by atoms with Gasteiger partial charge in [-0.05, 0) is 51.3 Å². The third kappa shape index (κ3) is 8.86. The third-order valence-electron chi connectivity index (χ3n) is 3.10. The van der Waals surface area contributed by atoms with Gasteiger partial charge in [0, 0.05) is 5.69 Å². The summed E-state index contributed by atoms with van der Waals surface area (Å²) in [5, 5.41) is 5.18. The number of aryl methyl sites for hydroxylation is 1. The van der Waals surface area contributed by atoms with Crippen molar-refractivity contribution < 1.29 is 14.3 Å². The molecule has 5 heteroatoms. The van der Waals surface area contributed by atoms with E-state index in [4.69, 9.17) is 4.74 Å². The van der Waals surface area contributed by atoms with Crippen molar-refractivity contribution in [1.29, 1.82) is 0 Å². The number of anilines is 1. The van der Waals surface area contributed by atoms with Gasteiger partial charge in [-0.15, -0.1) is 0 Å². The van der Waals surface area contributed by atoms with Gasteiger partial charge in [-0.3, -0.25) is 4.79 Å². The smallest absolute Gasteiger partial charge is 0.408 e. The van der Waals surface area contributed by atoms with Crippen LogP contribution in [0.25, 0.3) is 0 Å². The van der Waals surface area contributed by atoms with Gasteiger partial charge in [0.25, 0.3) is 0 Å². The van der Waals surface area contributed by atoms with Gasteiger partial charge in [-0.25, -0.2) is 4.79 Å². The van der Waals surface area contributed by atoms with Crippen LogP contribution < -0.4 is 10.6 Å². The molecule has 0 atom stereocenters. The quantitative estimate of drug-likeness (QED) is 0.749. The first-order chi connectivity index (χ1) is 10.8. The fraction of sp³-hybridized carbons (Fsp3) is 0.556. The molecule has 23 heavy (non-hydrogen) atoms. The van der Waals surface area contributed by atoms with E-state index in [2.05, 4.69) is 17.6 Å². The van der Waals surface area contributed by atoms with E-state index in [1.165, 1.54) is 24.8 Å². The summed E-state index contributed by atoms with van der Waals surface area (Å²) >= 11 is 0. The van der Waals surface area contributed by atoms with E-state index in [1.807, 2.05) is 24.3 Å². The molecule has 0 aromatic heterocycles. The van der Waals surface area contributed by atoms with Crippen LogP contribution >= 0.6 is 0 Å². The van der Waals surface area contributed by atoms with E-state index in [9.17, 15) is 9.59 Å². The van der Waals surface area contributed by atoms with Crippen molar-refractivity contribution in [3.8, 4) is 0 Å². The van der Waals surface area contributed by atoms with Crippen molar-refractivity contribution in [1.82, 2.24) is 5.32 Å². The topological polar surface area (TPSA) is 67.4 Å². The van der Waals surface area contributed by atoms with Gasteiger partial charge in [0.05, 0.1) is 0 Å². The minimum atomic E-state index is -0.598. The molecule has 2 amide bonds. The first-order valence-corrected chi connectivity index (χ1v) is 8.16. The molecule has 0 fully saturated rings. The Morgan fingerprint density at radius 3 is 2.30 bits per heavy atom. The highest BCUT2D eigenvalue weighted by molar-refractivity contribution is 5.93. The summed E-state index contributed by atoms with van der Waals surface area (Å²) < 4.78 is 5.07. The molecule has 0 aliphatic heterocycles. The molecular formula is C18H28N2O3. The predicted octanol–water partition coefficient (Wildman–Crippen LogP) is 3.88. The van der Waals surface area contributed by atoms with Gasteiger partial charge in [0.15, 0.2) is 0 Å². The maximum absolute atomic E-state index is 11.8. The maximum Gasteiger partial charge on any atom is 0.408 e. The zero-order chi connectivity index (χ0) is 17.3. The Kier molecular flexibility index (Phi) is 7.59. The van der Waals surface area contributed by atoms with Gasteiger partial charge >= 0.3 is 6.09 Å². The zero-order valence-electron chi connectivity index (χ0n) is 14.6. The molecule has 1 rings (SSSR count). The molecule has 0 heterocycles. The Bertz CT molecular complexity index is 504. The fourth-order valence-corrected chi connectivity index (χ4v) is 2.01. The fourth-order valence-electron chi connectivity index (χ4n) is 2.01. The number of hydrogen-bond donors (Lipinski definition) is 2. The van der Waals surface area contributed by atoms with Crippen LogP contribution in [0.4, 0.5) is 10.5 Å². The highest BCUT2D eigenvalue weighted by Crippen LogP contribution is 2.12. The molecule has 0 spiro atoms. The van der Waals surface area contributed by atoms with E-state index in [0.29, 0.717) is 0 Å². The molecular weight excluding hydrogens is 292 g/mol. The van der Waals surface area contributed by atoms with Crippen molar-refractivity contribution in [3.05, 3.63) is 29.8 Å². The summed E-state index contributed by atoms with van der Waals surface area (Å²) in [4.78, 5) is 23.3. The molecule has 128 valence electrons. The zero-order valence-corrected chi connectivity index (χ0v) is 14.6. The average molecular weight is 320 g/mol. The molecule has 0 saturated carbocycles. The Labute approximate surface area is 138 Å². The lowest BCUT2D eigenvalue weighted by molar-refractivity contribution is -0.115. The predicted molar refractivity (Wildman–Crippen MR) is 92.5 cm³/mol. The summed E-state index contributed by atoms with van der Waals surface area (Å²) in [6.45, 7) is 7.38. The van der Waals surface area contributed by atoms with Crippen molar-refractivity contribution in [3.63, 3.8) is 0 Å². The number of amides is 2. The number of nitrogens with one attached hydrogen (secondary N) is 2. The maximum atomic E-state index is 11.8. The lowest BCUT2D eigenvalue weighted by Gasteiger charge is -2.19. The SMILES string of the molecule is CCCCCc1ccc(NC(=O)CNC(=O)OC(C)(C)C)cc1. The number of ether oxygens (including phenoxy) is 1.